The molecule has 0 saturated carbocycles. The minimum Gasteiger partial charge on any atom is -0.350 e. The number of likely N-dealkylation sites (N-methyl/N-ethyl adjacent to an activating group) is 1. The zero-order valence-corrected chi connectivity index (χ0v) is 13.7. The quantitative estimate of drug-likeness (QED) is 0.889. The zero-order valence-electron chi connectivity index (χ0n) is 12.1. The normalized spacial score (nSPS) is 10.4. The minimum absolute atomic E-state index is 0.0816. The van der Waals surface area contributed by atoms with E-state index in [-0.39, 0.29) is 18.4 Å². The Hall–Kier alpha value is -1.66. The molecule has 0 aliphatic rings. The fraction of sp³-hybridized carbons (Fsp3) is 0.333. The largest absolute Gasteiger partial charge is 0.350 e. The number of nitrogens with one attached hydrogen (secondary N) is 1. The summed E-state index contributed by atoms with van der Waals surface area (Å²) in [6, 6.07) is 7.66. The van der Waals surface area contributed by atoms with Crippen molar-refractivity contribution in [3.05, 3.63) is 44.3 Å². The first-order chi connectivity index (χ1) is 10.1. The van der Waals surface area contributed by atoms with E-state index in [2.05, 4.69) is 5.32 Å². The Morgan fingerprint density at radius 1 is 1.29 bits per heavy atom. The van der Waals surface area contributed by atoms with Crippen molar-refractivity contribution in [1.82, 2.24) is 10.2 Å². The van der Waals surface area contributed by atoms with Crippen molar-refractivity contribution in [3.63, 3.8) is 0 Å². The van der Waals surface area contributed by atoms with Gasteiger partial charge in [0.15, 0.2) is 0 Å². The number of rotatable bonds is 6. The number of carbonyl (C=O) groups excluding carboxylic acids is 2. The zero-order chi connectivity index (χ0) is 15.2. The summed E-state index contributed by atoms with van der Waals surface area (Å²) in [7, 11) is 0. The number of thiophene rings is 2. The fourth-order valence-corrected chi connectivity index (χ4v) is 3.34. The van der Waals surface area contributed by atoms with E-state index >= 15 is 0 Å². The highest BCUT2D eigenvalue weighted by atomic mass is 32.1. The van der Waals surface area contributed by atoms with Crippen LogP contribution in [0.5, 0.6) is 0 Å². The second-order valence-corrected chi connectivity index (χ2v) is 6.91. The lowest BCUT2D eigenvalue weighted by Crippen LogP contribution is -2.40. The Labute approximate surface area is 132 Å². The van der Waals surface area contributed by atoms with Gasteiger partial charge in [-0.1, -0.05) is 6.07 Å². The van der Waals surface area contributed by atoms with Crippen molar-refractivity contribution >= 4 is 34.5 Å². The smallest absolute Gasteiger partial charge is 0.264 e. The molecule has 112 valence electrons. The molecule has 2 aromatic heterocycles. The first-order valence-corrected chi connectivity index (χ1v) is 8.44. The lowest BCUT2D eigenvalue weighted by Gasteiger charge is -2.19. The molecule has 4 nitrogen and oxygen atoms in total. The van der Waals surface area contributed by atoms with E-state index < -0.39 is 0 Å². The minimum atomic E-state index is -0.133. The lowest BCUT2D eigenvalue weighted by molar-refractivity contribution is -0.121. The molecule has 0 saturated heterocycles. The summed E-state index contributed by atoms with van der Waals surface area (Å²) in [6.07, 6.45) is 0. The Bertz CT molecular complexity index is 605. The molecular formula is C15H18N2O2S2. The molecule has 0 fully saturated rings. The van der Waals surface area contributed by atoms with Gasteiger partial charge in [-0.15, -0.1) is 22.7 Å². The molecule has 2 amide bonds. The highest BCUT2D eigenvalue weighted by Gasteiger charge is 2.18. The molecule has 0 unspecified atom stereocenters. The van der Waals surface area contributed by atoms with E-state index in [1.165, 1.54) is 11.3 Å². The molecular weight excluding hydrogens is 304 g/mol. The van der Waals surface area contributed by atoms with Crippen molar-refractivity contribution < 1.29 is 9.59 Å². The third-order valence-electron chi connectivity index (χ3n) is 2.99. The Kier molecular flexibility index (Phi) is 5.52. The van der Waals surface area contributed by atoms with Crippen molar-refractivity contribution in [1.29, 1.82) is 0 Å². The summed E-state index contributed by atoms with van der Waals surface area (Å²) in [4.78, 5) is 28.7. The van der Waals surface area contributed by atoms with Crippen LogP contribution in [0, 0.1) is 6.92 Å². The van der Waals surface area contributed by atoms with Crippen LogP contribution in [0.2, 0.25) is 0 Å². The van der Waals surface area contributed by atoms with E-state index in [1.54, 1.807) is 16.2 Å². The molecule has 0 aliphatic heterocycles. The number of nitrogens with zero attached hydrogens (tertiary/aromatic N) is 1. The Balaban J connectivity index is 1.89. The van der Waals surface area contributed by atoms with Gasteiger partial charge < -0.3 is 10.2 Å². The molecule has 0 atom stereocenters. The number of hydrogen-bond acceptors (Lipinski definition) is 4. The van der Waals surface area contributed by atoms with Crippen LogP contribution in [0.4, 0.5) is 0 Å². The molecule has 21 heavy (non-hydrogen) atoms. The van der Waals surface area contributed by atoms with E-state index in [0.29, 0.717) is 18.0 Å². The Morgan fingerprint density at radius 3 is 2.67 bits per heavy atom. The first kappa shape index (κ1) is 15.7. The van der Waals surface area contributed by atoms with Crippen LogP contribution < -0.4 is 5.32 Å². The van der Waals surface area contributed by atoms with Crippen molar-refractivity contribution in [3.8, 4) is 0 Å². The molecule has 0 radical (unpaired) electrons. The molecule has 0 bridgehead atoms. The topological polar surface area (TPSA) is 49.4 Å². The molecule has 0 spiro atoms. The van der Waals surface area contributed by atoms with Crippen molar-refractivity contribution in [2.45, 2.75) is 20.4 Å². The maximum atomic E-state index is 12.3. The Morgan fingerprint density at radius 2 is 2.10 bits per heavy atom. The van der Waals surface area contributed by atoms with Gasteiger partial charge in [0.05, 0.1) is 18.0 Å². The molecule has 1 N–H and O–H groups in total. The van der Waals surface area contributed by atoms with Crippen LogP contribution >= 0.6 is 22.7 Å². The first-order valence-electron chi connectivity index (χ1n) is 6.75. The van der Waals surface area contributed by atoms with Crippen molar-refractivity contribution in [2.75, 3.05) is 13.1 Å². The second-order valence-electron chi connectivity index (χ2n) is 4.59. The third kappa shape index (κ3) is 4.41. The number of hydrogen-bond donors (Lipinski definition) is 1. The van der Waals surface area contributed by atoms with Crippen LogP contribution in [0.1, 0.15) is 26.3 Å². The molecule has 2 aromatic rings. The average molecular weight is 322 g/mol. The number of aryl methyl sites for hydroxylation is 1. The summed E-state index contributed by atoms with van der Waals surface area (Å²) < 4.78 is 0. The van der Waals surface area contributed by atoms with Crippen LogP contribution in [0.25, 0.3) is 0 Å². The standard InChI is InChI=1S/C15H18N2O2S2/c1-3-17(15(19)13-7-6-11(2)21-13)10-14(18)16-9-12-5-4-8-20-12/h4-8H,3,9-10H2,1-2H3,(H,16,18). The lowest BCUT2D eigenvalue weighted by atomic mass is 10.3. The molecule has 0 aromatic carbocycles. The van der Waals surface area contributed by atoms with E-state index in [4.69, 9.17) is 0 Å². The average Bonchev–Trinajstić information content (AvgIpc) is 3.13. The van der Waals surface area contributed by atoms with Crippen LogP contribution in [0.15, 0.2) is 29.6 Å². The maximum Gasteiger partial charge on any atom is 0.264 e. The summed E-state index contributed by atoms with van der Waals surface area (Å²) in [5.74, 6) is -0.214. The van der Waals surface area contributed by atoms with Gasteiger partial charge in [0.1, 0.15) is 0 Å². The predicted octanol–water partition coefficient (Wildman–Crippen LogP) is 2.90. The summed E-state index contributed by atoms with van der Waals surface area (Å²) in [6.45, 7) is 4.97. The van der Waals surface area contributed by atoms with Gasteiger partial charge in [-0.2, -0.15) is 0 Å². The van der Waals surface area contributed by atoms with Gasteiger partial charge in [0.25, 0.3) is 5.91 Å². The SMILES string of the molecule is CCN(CC(=O)NCc1cccs1)C(=O)c1ccc(C)s1. The number of amides is 2. The highest BCUT2D eigenvalue weighted by Crippen LogP contribution is 2.17. The second kappa shape index (κ2) is 7.38. The number of carbonyl (C=O) groups is 2. The molecule has 2 heterocycles. The summed E-state index contributed by atoms with van der Waals surface area (Å²) >= 11 is 3.06. The van der Waals surface area contributed by atoms with Gasteiger partial charge >= 0.3 is 0 Å². The summed E-state index contributed by atoms with van der Waals surface area (Å²) in [5.41, 5.74) is 0. The van der Waals surface area contributed by atoms with Crippen LogP contribution in [0.3, 0.4) is 0 Å². The molecule has 2 rings (SSSR count). The van der Waals surface area contributed by atoms with E-state index in [1.807, 2.05) is 43.5 Å². The van der Waals surface area contributed by atoms with Gasteiger partial charge in [0, 0.05) is 16.3 Å². The molecule has 6 heteroatoms. The van der Waals surface area contributed by atoms with Gasteiger partial charge in [-0.25, -0.2) is 0 Å². The van der Waals surface area contributed by atoms with Gasteiger partial charge in [0.2, 0.25) is 5.91 Å². The van der Waals surface area contributed by atoms with Gasteiger partial charge in [-0.05, 0) is 37.4 Å². The van der Waals surface area contributed by atoms with Crippen LogP contribution in [-0.2, 0) is 11.3 Å². The van der Waals surface area contributed by atoms with Gasteiger partial charge in [-0.3, -0.25) is 9.59 Å². The monoisotopic (exact) mass is 322 g/mol. The summed E-state index contributed by atoms with van der Waals surface area (Å²) in [5, 5.41) is 4.82. The maximum absolute atomic E-state index is 12.3. The highest BCUT2D eigenvalue weighted by molar-refractivity contribution is 7.13. The third-order valence-corrected chi connectivity index (χ3v) is 4.86. The fourth-order valence-electron chi connectivity index (χ4n) is 1.86. The van der Waals surface area contributed by atoms with Crippen molar-refractivity contribution in [2.24, 2.45) is 0 Å². The molecule has 0 aliphatic carbocycles. The van der Waals surface area contributed by atoms with E-state index in [9.17, 15) is 9.59 Å². The van der Waals surface area contributed by atoms with E-state index in [0.717, 1.165) is 9.75 Å². The predicted molar refractivity (Wildman–Crippen MR) is 86.8 cm³/mol. The van der Waals surface area contributed by atoms with Crippen LogP contribution in [-0.4, -0.2) is 29.8 Å².